The number of hydrogen-bond donors (Lipinski definition) is 1. The number of ketones is 2. The van der Waals surface area contributed by atoms with Crippen molar-refractivity contribution in [3.63, 3.8) is 0 Å². The maximum atomic E-state index is 12.1. The first-order valence-corrected chi connectivity index (χ1v) is 16.0. The third-order valence-corrected chi connectivity index (χ3v) is 9.14. The van der Waals surface area contributed by atoms with E-state index in [1.807, 2.05) is 44.2 Å². The van der Waals surface area contributed by atoms with Crippen molar-refractivity contribution in [3.05, 3.63) is 70.4 Å². The van der Waals surface area contributed by atoms with Crippen LogP contribution in [0.4, 0.5) is 0 Å². The Balaban J connectivity index is 0.000000114. The second kappa shape index (κ2) is 11.2. The van der Waals surface area contributed by atoms with Crippen LogP contribution in [0.15, 0.2) is 59.3 Å². The van der Waals surface area contributed by atoms with Crippen molar-refractivity contribution in [1.29, 1.82) is 0 Å². The van der Waals surface area contributed by atoms with Crippen LogP contribution in [0, 0.1) is 0 Å². The van der Waals surface area contributed by atoms with Gasteiger partial charge >= 0.3 is 0 Å². The molecule has 2 unspecified atom stereocenters. The van der Waals surface area contributed by atoms with Crippen LogP contribution in [0.5, 0.6) is 23.0 Å². The molecule has 12 nitrogen and oxygen atoms in total. The van der Waals surface area contributed by atoms with E-state index in [-0.39, 0.29) is 36.6 Å². The molecule has 2 aromatic carbocycles. The number of hydrogen-bond acceptors (Lipinski definition) is 12. The molecule has 0 aromatic heterocycles. The Labute approximate surface area is 276 Å². The Morgan fingerprint density at radius 2 is 1.21 bits per heavy atom. The van der Waals surface area contributed by atoms with Gasteiger partial charge in [0.2, 0.25) is 13.6 Å². The Hall–Kier alpha value is -3.65. The molecule has 2 aliphatic carbocycles. The number of nitrogens with one attached hydrogen (secondary N) is 1. The van der Waals surface area contributed by atoms with Crippen LogP contribution in [0.25, 0.3) is 0 Å². The fraction of sp³-hybridized carbons (Fsp3) is 0.471. The van der Waals surface area contributed by atoms with Crippen LogP contribution in [0.2, 0.25) is 0 Å². The van der Waals surface area contributed by atoms with Crippen LogP contribution in [0.3, 0.4) is 0 Å². The molecule has 47 heavy (non-hydrogen) atoms. The standard InChI is InChI=1S/C17H17NO5.C9H9NO2.C8H9ClO3/c1-17(2)22-15-10(6-12(19)16(15)23-17)18-7-11(18)9-3-4-13-14(5-9)21-8-20-13;1-2-8-9(12-5-11-8)3-6(1)7-4-10-7;1-8(2)11-6-4(9)3-5(10)7(6)12-8/h3-6,11,15-16H,7-8H2,1-2H3;1-3,7,10H,4-5H2;3,6-7H,1-2H3/t11?,15-,16+,18?;;6-,7+/m0.0/s1. The van der Waals surface area contributed by atoms with Crippen LogP contribution in [0.1, 0.15) is 50.9 Å². The van der Waals surface area contributed by atoms with Crippen molar-refractivity contribution in [2.75, 3.05) is 26.7 Å². The quantitative estimate of drug-likeness (QED) is 0.474. The van der Waals surface area contributed by atoms with Gasteiger partial charge in [-0.25, -0.2) is 0 Å². The lowest BCUT2D eigenvalue weighted by Gasteiger charge is -2.19. The fourth-order valence-corrected chi connectivity index (χ4v) is 6.73. The molecular weight excluding hydrogens is 632 g/mol. The maximum absolute atomic E-state index is 12.1. The summed E-state index contributed by atoms with van der Waals surface area (Å²) in [5.41, 5.74) is 3.37. The molecule has 4 saturated heterocycles. The molecule has 10 rings (SSSR count). The van der Waals surface area contributed by atoms with E-state index < -0.39 is 23.8 Å². The smallest absolute Gasteiger partial charge is 0.231 e. The predicted molar refractivity (Wildman–Crippen MR) is 165 cm³/mol. The summed E-state index contributed by atoms with van der Waals surface area (Å²) in [5, 5.41) is 3.69. The summed E-state index contributed by atoms with van der Waals surface area (Å²) >= 11 is 5.77. The Morgan fingerprint density at radius 3 is 1.83 bits per heavy atom. The van der Waals surface area contributed by atoms with Gasteiger partial charge in [-0.3, -0.25) is 9.59 Å². The zero-order valence-corrected chi connectivity index (χ0v) is 27.1. The molecule has 2 aromatic rings. The fourth-order valence-electron chi connectivity index (χ4n) is 6.47. The zero-order valence-electron chi connectivity index (χ0n) is 26.3. The number of nitrogens with zero attached hydrogens (tertiary/aromatic N) is 1. The molecule has 6 atom stereocenters. The molecular formula is C34H35ClN2O10. The summed E-state index contributed by atoms with van der Waals surface area (Å²) < 4.78 is 43.6. The summed E-state index contributed by atoms with van der Waals surface area (Å²) in [4.78, 5) is 25.5. The third kappa shape index (κ3) is 5.98. The van der Waals surface area contributed by atoms with Gasteiger partial charge in [-0.1, -0.05) is 23.7 Å². The number of benzene rings is 2. The molecule has 248 valence electrons. The predicted octanol–water partition coefficient (Wildman–Crippen LogP) is 4.03. The normalized spacial score (nSPS) is 32.1. The molecule has 0 spiro atoms. The van der Waals surface area contributed by atoms with Crippen LogP contribution in [-0.2, 0) is 28.5 Å². The average molecular weight is 667 g/mol. The largest absolute Gasteiger partial charge is 0.454 e. The van der Waals surface area contributed by atoms with Crippen LogP contribution >= 0.6 is 11.6 Å². The Kier molecular flexibility index (Phi) is 7.32. The molecule has 13 heteroatoms. The van der Waals surface area contributed by atoms with E-state index in [1.165, 1.54) is 11.6 Å². The van der Waals surface area contributed by atoms with Crippen molar-refractivity contribution in [1.82, 2.24) is 10.2 Å². The minimum atomic E-state index is -0.714. The van der Waals surface area contributed by atoms with Gasteiger partial charge in [0.1, 0.15) is 12.2 Å². The van der Waals surface area contributed by atoms with Crippen molar-refractivity contribution in [2.45, 2.75) is 75.8 Å². The Bertz CT molecular complexity index is 1700. The van der Waals surface area contributed by atoms with E-state index in [2.05, 4.69) is 16.3 Å². The average Bonchev–Trinajstić information content (AvgIpc) is 3.73. The van der Waals surface area contributed by atoms with Gasteiger partial charge in [-0.15, -0.1) is 0 Å². The monoisotopic (exact) mass is 666 g/mol. The number of rotatable bonds is 3. The lowest BCUT2D eigenvalue weighted by Crippen LogP contribution is -2.26. The summed E-state index contributed by atoms with van der Waals surface area (Å²) in [7, 11) is 0. The first kappa shape index (κ1) is 30.7. The maximum Gasteiger partial charge on any atom is 0.231 e. The molecule has 0 saturated carbocycles. The molecule has 0 amide bonds. The SMILES string of the molecule is CC1(C)O[C@@H]2C(=O)C=C(Cl)[C@@H]2O1.CC1(C)O[C@@H]2C(=O)C=C(N3CC3c3ccc4c(c3)OCO4)[C@@H]2O1.c1cc2c(cc1C1CN1)OCO2. The van der Waals surface area contributed by atoms with Crippen molar-refractivity contribution in [3.8, 4) is 23.0 Å². The van der Waals surface area contributed by atoms with Gasteiger partial charge in [0.05, 0.1) is 16.8 Å². The number of carbonyl (C=O) groups is 2. The summed E-state index contributed by atoms with van der Waals surface area (Å²) in [6.07, 6.45) is 1.33. The van der Waals surface area contributed by atoms with E-state index >= 15 is 0 Å². The summed E-state index contributed by atoms with van der Waals surface area (Å²) in [5.74, 6) is 1.78. The lowest BCUT2D eigenvalue weighted by atomic mass is 10.1. The van der Waals surface area contributed by atoms with E-state index in [1.54, 1.807) is 19.9 Å². The summed E-state index contributed by atoms with van der Waals surface area (Å²) in [6.45, 7) is 9.80. The molecule has 0 radical (unpaired) electrons. The topological polar surface area (TPSA) is 133 Å². The van der Waals surface area contributed by atoms with Gasteiger partial charge in [-0.2, -0.15) is 0 Å². The lowest BCUT2D eigenvalue weighted by molar-refractivity contribution is -0.153. The number of halogens is 1. The first-order valence-electron chi connectivity index (χ1n) is 15.6. The number of carbonyl (C=O) groups excluding carboxylic acids is 2. The molecule has 1 N–H and O–H groups in total. The first-order chi connectivity index (χ1) is 22.4. The highest BCUT2D eigenvalue weighted by atomic mass is 35.5. The van der Waals surface area contributed by atoms with Gasteiger partial charge in [0, 0.05) is 31.3 Å². The van der Waals surface area contributed by atoms with Crippen molar-refractivity contribution >= 4 is 23.2 Å². The van der Waals surface area contributed by atoms with Crippen LogP contribution in [-0.4, -0.2) is 79.1 Å². The van der Waals surface area contributed by atoms with E-state index in [0.717, 1.165) is 47.3 Å². The van der Waals surface area contributed by atoms with Gasteiger partial charge in [0.25, 0.3) is 0 Å². The van der Waals surface area contributed by atoms with Gasteiger partial charge in [-0.05, 0) is 63.1 Å². The third-order valence-electron chi connectivity index (χ3n) is 8.82. The number of ether oxygens (including phenoxy) is 8. The van der Waals surface area contributed by atoms with Crippen molar-refractivity contribution < 1.29 is 47.5 Å². The molecule has 6 aliphatic heterocycles. The van der Waals surface area contributed by atoms with Crippen molar-refractivity contribution in [2.24, 2.45) is 0 Å². The molecule has 8 aliphatic rings. The molecule has 0 bridgehead atoms. The van der Waals surface area contributed by atoms with E-state index in [9.17, 15) is 9.59 Å². The molecule has 6 heterocycles. The highest BCUT2D eigenvalue weighted by Gasteiger charge is 2.54. The van der Waals surface area contributed by atoms with E-state index in [4.69, 9.17) is 49.5 Å². The van der Waals surface area contributed by atoms with Gasteiger partial charge in [0.15, 0.2) is 58.3 Å². The highest BCUT2D eigenvalue weighted by Crippen LogP contribution is 2.48. The second-order valence-corrected chi connectivity index (χ2v) is 13.6. The summed E-state index contributed by atoms with van der Waals surface area (Å²) in [6, 6.07) is 12.9. The number of fused-ring (bicyclic) bond motifs is 4. The van der Waals surface area contributed by atoms with Gasteiger partial charge < -0.3 is 48.1 Å². The highest BCUT2D eigenvalue weighted by molar-refractivity contribution is 6.33. The van der Waals surface area contributed by atoms with Crippen LogP contribution < -0.4 is 24.3 Å². The zero-order chi connectivity index (χ0) is 32.7. The second-order valence-electron chi connectivity index (χ2n) is 13.2. The Morgan fingerprint density at radius 1 is 0.702 bits per heavy atom. The van der Waals surface area contributed by atoms with E-state index in [0.29, 0.717) is 17.9 Å². The minimum Gasteiger partial charge on any atom is -0.454 e. The molecule has 4 fully saturated rings. The minimum absolute atomic E-state index is 0.00749.